The number of amides is 1. The maximum atomic E-state index is 12.0. The first-order valence-electron chi connectivity index (χ1n) is 7.54. The molecule has 2 rings (SSSR count). The van der Waals surface area contributed by atoms with E-state index in [0.717, 1.165) is 43.7 Å². The highest BCUT2D eigenvalue weighted by atomic mass is 35.5. The smallest absolute Gasteiger partial charge is 0.226 e. The maximum absolute atomic E-state index is 12.0. The van der Waals surface area contributed by atoms with Crippen LogP contribution in [0.3, 0.4) is 0 Å². The van der Waals surface area contributed by atoms with Crippen molar-refractivity contribution in [2.24, 2.45) is 0 Å². The van der Waals surface area contributed by atoms with Crippen LogP contribution in [0.25, 0.3) is 0 Å². The van der Waals surface area contributed by atoms with Crippen LogP contribution in [0.1, 0.15) is 39.0 Å². The molecule has 1 heterocycles. The van der Waals surface area contributed by atoms with E-state index in [1.807, 2.05) is 24.3 Å². The quantitative estimate of drug-likeness (QED) is 0.759. The van der Waals surface area contributed by atoms with Gasteiger partial charge in [0.05, 0.1) is 12.3 Å². The SMILES string of the molecule is CCCCOc1ccccc1NC(=O)CC1CCCN1.Cl. The van der Waals surface area contributed by atoms with Crippen LogP contribution in [0.4, 0.5) is 5.69 Å². The van der Waals surface area contributed by atoms with Gasteiger partial charge < -0.3 is 15.4 Å². The van der Waals surface area contributed by atoms with Gasteiger partial charge in [-0.25, -0.2) is 0 Å². The van der Waals surface area contributed by atoms with Gasteiger partial charge in [0.2, 0.25) is 5.91 Å². The van der Waals surface area contributed by atoms with Crippen LogP contribution in [-0.4, -0.2) is 25.1 Å². The summed E-state index contributed by atoms with van der Waals surface area (Å²) in [7, 11) is 0. The van der Waals surface area contributed by atoms with Crippen LogP contribution in [0.15, 0.2) is 24.3 Å². The number of ether oxygens (including phenoxy) is 1. The van der Waals surface area contributed by atoms with Crippen LogP contribution in [-0.2, 0) is 4.79 Å². The zero-order valence-electron chi connectivity index (χ0n) is 12.6. The number of rotatable bonds is 7. The molecule has 118 valence electrons. The molecule has 0 saturated carbocycles. The largest absolute Gasteiger partial charge is 0.491 e. The summed E-state index contributed by atoms with van der Waals surface area (Å²) in [5.74, 6) is 0.810. The van der Waals surface area contributed by atoms with Crippen molar-refractivity contribution in [3.63, 3.8) is 0 Å². The number of carbonyl (C=O) groups is 1. The Balaban J connectivity index is 0.00000220. The Morgan fingerprint density at radius 1 is 1.43 bits per heavy atom. The highest BCUT2D eigenvalue weighted by Gasteiger charge is 2.18. The Morgan fingerprint density at radius 2 is 2.24 bits per heavy atom. The topological polar surface area (TPSA) is 50.4 Å². The average molecular weight is 313 g/mol. The monoisotopic (exact) mass is 312 g/mol. The van der Waals surface area contributed by atoms with Gasteiger partial charge in [0.25, 0.3) is 0 Å². The molecule has 1 atom stereocenters. The molecule has 2 N–H and O–H groups in total. The molecular formula is C16H25ClN2O2. The summed E-state index contributed by atoms with van der Waals surface area (Å²) >= 11 is 0. The lowest BCUT2D eigenvalue weighted by molar-refractivity contribution is -0.116. The van der Waals surface area contributed by atoms with Crippen molar-refractivity contribution in [3.05, 3.63) is 24.3 Å². The van der Waals surface area contributed by atoms with E-state index in [0.29, 0.717) is 19.1 Å². The van der Waals surface area contributed by atoms with Gasteiger partial charge in [0.1, 0.15) is 5.75 Å². The average Bonchev–Trinajstić information content (AvgIpc) is 2.93. The van der Waals surface area contributed by atoms with E-state index >= 15 is 0 Å². The molecule has 1 amide bonds. The van der Waals surface area contributed by atoms with Crippen molar-refractivity contribution < 1.29 is 9.53 Å². The Bertz CT molecular complexity index is 434. The maximum Gasteiger partial charge on any atom is 0.226 e. The predicted molar refractivity (Wildman–Crippen MR) is 88.4 cm³/mol. The van der Waals surface area contributed by atoms with Gasteiger partial charge in [-0.1, -0.05) is 25.5 Å². The van der Waals surface area contributed by atoms with Crippen molar-refractivity contribution in [2.45, 2.75) is 45.1 Å². The lowest BCUT2D eigenvalue weighted by atomic mass is 10.1. The van der Waals surface area contributed by atoms with Crippen LogP contribution in [0, 0.1) is 0 Å². The molecule has 21 heavy (non-hydrogen) atoms. The van der Waals surface area contributed by atoms with E-state index in [4.69, 9.17) is 4.74 Å². The van der Waals surface area contributed by atoms with Gasteiger partial charge in [-0.05, 0) is 37.9 Å². The fourth-order valence-electron chi connectivity index (χ4n) is 2.38. The molecule has 0 aromatic heterocycles. The highest BCUT2D eigenvalue weighted by Crippen LogP contribution is 2.24. The molecule has 5 heteroatoms. The number of hydrogen-bond donors (Lipinski definition) is 2. The second-order valence-corrected chi connectivity index (χ2v) is 5.24. The summed E-state index contributed by atoms with van der Waals surface area (Å²) in [6.45, 7) is 3.84. The predicted octanol–water partition coefficient (Wildman–Crippen LogP) is 3.37. The number of benzene rings is 1. The lowest BCUT2D eigenvalue weighted by Crippen LogP contribution is -2.27. The van der Waals surface area contributed by atoms with Gasteiger partial charge in [0, 0.05) is 12.5 Å². The van der Waals surface area contributed by atoms with Crippen LogP contribution >= 0.6 is 12.4 Å². The third kappa shape index (κ3) is 5.94. The number of hydrogen-bond acceptors (Lipinski definition) is 3. The van der Waals surface area contributed by atoms with Crippen molar-refractivity contribution >= 4 is 24.0 Å². The van der Waals surface area contributed by atoms with Gasteiger partial charge in [-0.2, -0.15) is 0 Å². The van der Waals surface area contributed by atoms with Gasteiger partial charge in [0.15, 0.2) is 0 Å². The van der Waals surface area contributed by atoms with Crippen molar-refractivity contribution in [1.82, 2.24) is 5.32 Å². The molecule has 1 unspecified atom stereocenters. The van der Waals surface area contributed by atoms with E-state index in [1.165, 1.54) is 0 Å². The minimum atomic E-state index is 0. The number of carbonyl (C=O) groups excluding carboxylic acids is 1. The molecule has 0 aliphatic carbocycles. The number of anilines is 1. The third-order valence-electron chi connectivity index (χ3n) is 3.51. The molecule has 4 nitrogen and oxygen atoms in total. The van der Waals surface area contributed by atoms with E-state index < -0.39 is 0 Å². The fraction of sp³-hybridized carbons (Fsp3) is 0.562. The molecule has 1 fully saturated rings. The lowest BCUT2D eigenvalue weighted by Gasteiger charge is -2.14. The summed E-state index contributed by atoms with van der Waals surface area (Å²) in [6.07, 6.45) is 4.90. The Kier molecular flexibility index (Phi) is 8.16. The van der Waals surface area contributed by atoms with E-state index in [2.05, 4.69) is 17.6 Å². The summed E-state index contributed by atoms with van der Waals surface area (Å²) in [5.41, 5.74) is 0.770. The van der Waals surface area contributed by atoms with Crippen molar-refractivity contribution in [1.29, 1.82) is 0 Å². The Morgan fingerprint density at radius 3 is 2.95 bits per heavy atom. The minimum absolute atomic E-state index is 0. The van der Waals surface area contributed by atoms with Crippen LogP contribution < -0.4 is 15.4 Å². The minimum Gasteiger partial charge on any atom is -0.491 e. The molecule has 0 spiro atoms. The second-order valence-electron chi connectivity index (χ2n) is 5.24. The van der Waals surface area contributed by atoms with Crippen molar-refractivity contribution in [3.8, 4) is 5.75 Å². The number of halogens is 1. The third-order valence-corrected chi connectivity index (χ3v) is 3.51. The van der Waals surface area contributed by atoms with E-state index in [1.54, 1.807) is 0 Å². The highest BCUT2D eigenvalue weighted by molar-refractivity contribution is 5.92. The molecule has 0 radical (unpaired) electrons. The molecule has 0 bridgehead atoms. The zero-order chi connectivity index (χ0) is 14.2. The first-order valence-corrected chi connectivity index (χ1v) is 7.54. The summed E-state index contributed by atoms with van der Waals surface area (Å²) in [6, 6.07) is 7.95. The Labute approximate surface area is 133 Å². The second kappa shape index (κ2) is 9.64. The number of nitrogens with one attached hydrogen (secondary N) is 2. The van der Waals surface area contributed by atoms with Gasteiger partial charge in [-0.3, -0.25) is 4.79 Å². The Hall–Kier alpha value is -1.26. The summed E-state index contributed by atoms with van der Waals surface area (Å²) in [4.78, 5) is 12.0. The van der Waals surface area contributed by atoms with E-state index in [9.17, 15) is 4.79 Å². The summed E-state index contributed by atoms with van der Waals surface area (Å²) < 4.78 is 5.72. The summed E-state index contributed by atoms with van der Waals surface area (Å²) in [5, 5.41) is 6.30. The molecule has 1 aliphatic heterocycles. The first-order chi connectivity index (χ1) is 9.79. The first kappa shape index (κ1) is 17.8. The van der Waals surface area contributed by atoms with Gasteiger partial charge in [-0.15, -0.1) is 12.4 Å². The number of para-hydroxylation sites is 2. The fourth-order valence-corrected chi connectivity index (χ4v) is 2.38. The van der Waals surface area contributed by atoms with Gasteiger partial charge >= 0.3 is 0 Å². The molecular weight excluding hydrogens is 288 g/mol. The van der Waals surface area contributed by atoms with Crippen molar-refractivity contribution in [2.75, 3.05) is 18.5 Å². The van der Waals surface area contributed by atoms with Crippen LogP contribution in [0.5, 0.6) is 5.75 Å². The molecule has 1 saturated heterocycles. The molecule has 1 aromatic rings. The molecule has 1 aromatic carbocycles. The molecule has 1 aliphatic rings. The number of unbranched alkanes of at least 4 members (excludes halogenated alkanes) is 1. The standard InChI is InChI=1S/C16H24N2O2.ClH/c1-2-3-11-20-15-9-5-4-8-14(15)18-16(19)12-13-7-6-10-17-13;/h4-5,8-9,13,17H,2-3,6-7,10-12H2,1H3,(H,18,19);1H. The normalized spacial score (nSPS) is 17.1. The zero-order valence-corrected chi connectivity index (χ0v) is 13.4. The van der Waals surface area contributed by atoms with E-state index in [-0.39, 0.29) is 18.3 Å². The van der Waals surface area contributed by atoms with Crippen LogP contribution in [0.2, 0.25) is 0 Å².